The van der Waals surface area contributed by atoms with Crippen molar-refractivity contribution in [2.45, 2.75) is 33.7 Å². The van der Waals surface area contributed by atoms with E-state index in [1.165, 1.54) is 11.1 Å². The van der Waals surface area contributed by atoms with Crippen molar-refractivity contribution in [2.75, 3.05) is 25.1 Å². The van der Waals surface area contributed by atoms with E-state index >= 15 is 0 Å². The molecule has 0 radical (unpaired) electrons. The average molecular weight is 287 g/mol. The first kappa shape index (κ1) is 15.6. The molecule has 0 spiro atoms. The van der Waals surface area contributed by atoms with Gasteiger partial charge in [-0.05, 0) is 32.8 Å². The number of nitrogens with one attached hydrogen (secondary N) is 1. The van der Waals surface area contributed by atoms with E-state index in [1.807, 2.05) is 13.8 Å². The third kappa shape index (κ3) is 4.90. The Morgan fingerprint density at radius 1 is 1.29 bits per heavy atom. The second-order valence-corrected chi connectivity index (χ2v) is 5.30. The standard InChI is InChI=1S/C17H25N3O/c1-4-21-10-6-9-18-17-19-15(3)12-20(17)13-16-8-5-7-14(2)11-16/h5,7-8,11-12H,4,6,9-10,13H2,1-3H3,(H,18,19). The van der Waals surface area contributed by atoms with Crippen LogP contribution in [0.15, 0.2) is 30.5 Å². The molecule has 21 heavy (non-hydrogen) atoms. The fourth-order valence-corrected chi connectivity index (χ4v) is 2.33. The molecular formula is C17H25N3O. The number of hydrogen-bond donors (Lipinski definition) is 1. The van der Waals surface area contributed by atoms with Crippen molar-refractivity contribution in [3.05, 3.63) is 47.3 Å². The smallest absolute Gasteiger partial charge is 0.203 e. The van der Waals surface area contributed by atoms with Crippen LogP contribution in [0, 0.1) is 13.8 Å². The Kier molecular flexibility index (Phi) is 5.81. The van der Waals surface area contributed by atoms with Crippen molar-refractivity contribution in [1.82, 2.24) is 9.55 Å². The van der Waals surface area contributed by atoms with Crippen LogP contribution >= 0.6 is 0 Å². The van der Waals surface area contributed by atoms with E-state index in [-0.39, 0.29) is 0 Å². The minimum absolute atomic E-state index is 0.779. The largest absolute Gasteiger partial charge is 0.382 e. The Hall–Kier alpha value is -1.81. The topological polar surface area (TPSA) is 39.1 Å². The van der Waals surface area contributed by atoms with E-state index < -0.39 is 0 Å². The highest BCUT2D eigenvalue weighted by atomic mass is 16.5. The second kappa shape index (κ2) is 7.84. The highest BCUT2D eigenvalue weighted by Gasteiger charge is 2.05. The van der Waals surface area contributed by atoms with Crippen LogP contribution in [0.2, 0.25) is 0 Å². The molecular weight excluding hydrogens is 262 g/mol. The molecule has 114 valence electrons. The van der Waals surface area contributed by atoms with Crippen LogP contribution < -0.4 is 5.32 Å². The lowest BCUT2D eigenvalue weighted by molar-refractivity contribution is 0.147. The molecule has 1 heterocycles. The van der Waals surface area contributed by atoms with E-state index in [1.54, 1.807) is 0 Å². The Morgan fingerprint density at radius 3 is 2.90 bits per heavy atom. The van der Waals surface area contributed by atoms with Crippen LogP contribution in [-0.4, -0.2) is 29.3 Å². The first-order valence-corrected chi connectivity index (χ1v) is 7.60. The van der Waals surface area contributed by atoms with Crippen LogP contribution in [0.5, 0.6) is 0 Å². The number of anilines is 1. The molecule has 2 rings (SSSR count). The number of ether oxygens (including phenoxy) is 1. The Labute approximate surface area is 127 Å². The van der Waals surface area contributed by atoms with Gasteiger partial charge in [0.1, 0.15) is 0 Å². The van der Waals surface area contributed by atoms with E-state index in [9.17, 15) is 0 Å². The molecule has 0 bridgehead atoms. The lowest BCUT2D eigenvalue weighted by atomic mass is 10.1. The van der Waals surface area contributed by atoms with Crippen molar-refractivity contribution in [3.8, 4) is 0 Å². The molecule has 0 atom stereocenters. The monoisotopic (exact) mass is 287 g/mol. The van der Waals surface area contributed by atoms with Gasteiger partial charge in [-0.25, -0.2) is 4.98 Å². The van der Waals surface area contributed by atoms with Gasteiger partial charge >= 0.3 is 0 Å². The van der Waals surface area contributed by atoms with Gasteiger partial charge in [0, 0.05) is 26.0 Å². The van der Waals surface area contributed by atoms with Crippen LogP contribution in [0.25, 0.3) is 0 Å². The number of benzene rings is 1. The quantitative estimate of drug-likeness (QED) is 0.756. The number of hydrogen-bond acceptors (Lipinski definition) is 3. The van der Waals surface area contributed by atoms with Gasteiger partial charge in [0.15, 0.2) is 0 Å². The molecule has 0 saturated carbocycles. The van der Waals surface area contributed by atoms with Crippen LogP contribution in [0.4, 0.5) is 5.95 Å². The van der Waals surface area contributed by atoms with Crippen LogP contribution in [0.1, 0.15) is 30.2 Å². The zero-order chi connectivity index (χ0) is 15.1. The predicted molar refractivity (Wildman–Crippen MR) is 86.8 cm³/mol. The van der Waals surface area contributed by atoms with Gasteiger partial charge < -0.3 is 14.6 Å². The summed E-state index contributed by atoms with van der Waals surface area (Å²) in [7, 11) is 0. The average Bonchev–Trinajstić information content (AvgIpc) is 2.78. The first-order valence-electron chi connectivity index (χ1n) is 7.60. The summed E-state index contributed by atoms with van der Waals surface area (Å²) in [5.74, 6) is 0.936. The maximum atomic E-state index is 5.35. The maximum Gasteiger partial charge on any atom is 0.203 e. The number of imidazole rings is 1. The molecule has 4 nitrogen and oxygen atoms in total. The Balaban J connectivity index is 1.96. The molecule has 4 heteroatoms. The third-order valence-electron chi connectivity index (χ3n) is 3.29. The Morgan fingerprint density at radius 2 is 2.14 bits per heavy atom. The summed E-state index contributed by atoms with van der Waals surface area (Å²) in [5, 5.41) is 3.40. The SMILES string of the molecule is CCOCCCNc1nc(C)cn1Cc1cccc(C)c1. The van der Waals surface area contributed by atoms with E-state index in [0.717, 1.165) is 44.4 Å². The third-order valence-corrected chi connectivity index (χ3v) is 3.29. The van der Waals surface area contributed by atoms with Crippen molar-refractivity contribution in [3.63, 3.8) is 0 Å². The Bertz CT molecular complexity index is 563. The fourth-order valence-electron chi connectivity index (χ4n) is 2.33. The summed E-state index contributed by atoms with van der Waals surface area (Å²) in [4.78, 5) is 4.56. The first-order chi connectivity index (χ1) is 10.2. The van der Waals surface area contributed by atoms with E-state index in [2.05, 4.69) is 52.3 Å². The molecule has 1 N–H and O–H groups in total. The highest BCUT2D eigenvalue weighted by Crippen LogP contribution is 2.13. The summed E-state index contributed by atoms with van der Waals surface area (Å²) in [6.07, 6.45) is 3.08. The zero-order valence-corrected chi connectivity index (χ0v) is 13.2. The minimum Gasteiger partial charge on any atom is -0.382 e. The minimum atomic E-state index is 0.779. The number of nitrogens with zero attached hydrogens (tertiary/aromatic N) is 2. The zero-order valence-electron chi connectivity index (χ0n) is 13.2. The summed E-state index contributed by atoms with van der Waals surface area (Å²) in [5.41, 5.74) is 3.62. The highest BCUT2D eigenvalue weighted by molar-refractivity contribution is 5.31. The molecule has 0 unspecified atom stereocenters. The predicted octanol–water partition coefficient (Wildman–Crippen LogP) is 3.39. The van der Waals surface area contributed by atoms with Gasteiger partial charge in [-0.3, -0.25) is 0 Å². The molecule has 0 fully saturated rings. The molecule has 0 aliphatic rings. The van der Waals surface area contributed by atoms with Gasteiger partial charge in [0.25, 0.3) is 0 Å². The summed E-state index contributed by atoms with van der Waals surface area (Å²) >= 11 is 0. The normalized spacial score (nSPS) is 10.8. The van der Waals surface area contributed by atoms with Gasteiger partial charge in [0.05, 0.1) is 12.2 Å². The molecule has 1 aromatic carbocycles. The van der Waals surface area contributed by atoms with Gasteiger partial charge in [-0.15, -0.1) is 0 Å². The molecule has 0 aliphatic heterocycles. The van der Waals surface area contributed by atoms with Crippen LogP contribution in [-0.2, 0) is 11.3 Å². The van der Waals surface area contributed by atoms with Crippen molar-refractivity contribution >= 4 is 5.95 Å². The van der Waals surface area contributed by atoms with Crippen molar-refractivity contribution < 1.29 is 4.74 Å². The van der Waals surface area contributed by atoms with E-state index in [4.69, 9.17) is 4.74 Å². The number of aromatic nitrogens is 2. The molecule has 2 aromatic rings. The van der Waals surface area contributed by atoms with E-state index in [0.29, 0.717) is 0 Å². The lowest BCUT2D eigenvalue weighted by Gasteiger charge is -2.10. The van der Waals surface area contributed by atoms with Crippen LogP contribution in [0.3, 0.4) is 0 Å². The number of aryl methyl sites for hydroxylation is 2. The maximum absolute atomic E-state index is 5.35. The van der Waals surface area contributed by atoms with Crippen molar-refractivity contribution in [1.29, 1.82) is 0 Å². The summed E-state index contributed by atoms with van der Waals surface area (Å²) < 4.78 is 7.52. The molecule has 0 aliphatic carbocycles. The second-order valence-electron chi connectivity index (χ2n) is 5.30. The number of rotatable bonds is 8. The summed E-state index contributed by atoms with van der Waals surface area (Å²) in [6.45, 7) is 9.46. The van der Waals surface area contributed by atoms with Crippen molar-refractivity contribution in [2.24, 2.45) is 0 Å². The summed E-state index contributed by atoms with van der Waals surface area (Å²) in [6, 6.07) is 8.59. The van der Waals surface area contributed by atoms with Gasteiger partial charge in [-0.2, -0.15) is 0 Å². The fraction of sp³-hybridized carbons (Fsp3) is 0.471. The molecule has 0 saturated heterocycles. The molecule has 0 amide bonds. The van der Waals surface area contributed by atoms with Gasteiger partial charge in [0.2, 0.25) is 5.95 Å². The molecule has 1 aromatic heterocycles. The lowest BCUT2D eigenvalue weighted by Crippen LogP contribution is -2.11. The van der Waals surface area contributed by atoms with Gasteiger partial charge in [-0.1, -0.05) is 29.8 Å².